The summed E-state index contributed by atoms with van der Waals surface area (Å²) in [7, 11) is -5.47. The molecular formula is C24H30ClN3O5S2. The molecule has 0 fully saturated rings. The largest absolute Gasteiger partial charge is 0.446 e. The molecule has 3 rings (SSSR count). The Morgan fingerprint density at radius 2 is 1.86 bits per heavy atom. The summed E-state index contributed by atoms with van der Waals surface area (Å²) in [4.78, 5) is 17.2. The molecule has 0 radical (unpaired) electrons. The molecule has 35 heavy (non-hydrogen) atoms. The highest BCUT2D eigenvalue weighted by molar-refractivity contribution is 7.89. The number of anilines is 1. The Kier molecular flexibility index (Phi) is 7.81. The average Bonchev–Trinajstić information content (AvgIpc) is 2.75. The quantitative estimate of drug-likeness (QED) is 0.412. The van der Waals surface area contributed by atoms with Crippen LogP contribution in [0.1, 0.15) is 57.4 Å². The smallest absolute Gasteiger partial charge is 0.260 e. The van der Waals surface area contributed by atoms with Crippen LogP contribution in [0.2, 0.25) is 5.15 Å². The number of nitrogens with one attached hydrogen (secondary N) is 2. The van der Waals surface area contributed by atoms with E-state index in [1.54, 1.807) is 46.8 Å². The van der Waals surface area contributed by atoms with E-state index < -0.39 is 32.4 Å². The Hall–Kier alpha value is -2.27. The van der Waals surface area contributed by atoms with E-state index in [0.717, 1.165) is 5.56 Å². The van der Waals surface area contributed by atoms with Crippen LogP contribution in [-0.2, 0) is 20.8 Å². The van der Waals surface area contributed by atoms with Crippen molar-refractivity contribution < 1.29 is 17.0 Å². The van der Waals surface area contributed by atoms with Gasteiger partial charge in [0.05, 0.1) is 27.9 Å². The summed E-state index contributed by atoms with van der Waals surface area (Å²) < 4.78 is 47.3. The van der Waals surface area contributed by atoms with Gasteiger partial charge in [0.15, 0.2) is 15.5 Å². The molecule has 190 valence electrons. The Morgan fingerprint density at radius 1 is 1.20 bits per heavy atom. The third-order valence-corrected chi connectivity index (χ3v) is 8.42. The number of sulfonamides is 1. The lowest BCUT2D eigenvalue weighted by Gasteiger charge is -2.23. The van der Waals surface area contributed by atoms with Crippen molar-refractivity contribution in [2.24, 2.45) is 0 Å². The molecule has 0 saturated heterocycles. The lowest BCUT2D eigenvalue weighted by Crippen LogP contribution is -2.41. The zero-order chi connectivity index (χ0) is 26.3. The van der Waals surface area contributed by atoms with Crippen molar-refractivity contribution in [1.29, 1.82) is 0 Å². The van der Waals surface area contributed by atoms with Gasteiger partial charge < -0.3 is 9.73 Å². The van der Waals surface area contributed by atoms with Crippen molar-refractivity contribution in [2.45, 2.75) is 70.2 Å². The van der Waals surface area contributed by atoms with Gasteiger partial charge in [-0.15, -0.1) is 0 Å². The monoisotopic (exact) mass is 539 g/mol. The second-order valence-corrected chi connectivity index (χ2v) is 13.0. The maximum absolute atomic E-state index is 13.1. The molecule has 0 amide bonds. The van der Waals surface area contributed by atoms with Gasteiger partial charge in [-0.2, -0.15) is 0 Å². The highest BCUT2D eigenvalue weighted by Gasteiger charge is 2.28. The molecule has 2 aromatic heterocycles. The van der Waals surface area contributed by atoms with Crippen LogP contribution in [0.5, 0.6) is 0 Å². The third-order valence-electron chi connectivity index (χ3n) is 5.18. The van der Waals surface area contributed by atoms with Crippen LogP contribution < -0.4 is 15.5 Å². The molecule has 1 unspecified atom stereocenters. The first-order chi connectivity index (χ1) is 16.1. The molecule has 3 aromatic rings. The molecule has 0 aliphatic heterocycles. The summed E-state index contributed by atoms with van der Waals surface area (Å²) in [5.41, 5.74) is 1.33. The Morgan fingerprint density at radius 3 is 2.46 bits per heavy atom. The first kappa shape index (κ1) is 27.3. The first-order valence-corrected chi connectivity index (χ1v) is 14.3. The van der Waals surface area contributed by atoms with Gasteiger partial charge in [0.25, 0.3) is 10.0 Å². The van der Waals surface area contributed by atoms with Gasteiger partial charge in [-0.05, 0) is 65.3 Å². The van der Waals surface area contributed by atoms with Gasteiger partial charge in [-0.1, -0.05) is 24.6 Å². The fourth-order valence-corrected chi connectivity index (χ4v) is 6.32. The van der Waals surface area contributed by atoms with Gasteiger partial charge in [0, 0.05) is 22.4 Å². The molecule has 0 spiro atoms. The summed E-state index contributed by atoms with van der Waals surface area (Å²) in [6.07, 6.45) is 0. The molecule has 8 nitrogen and oxygen atoms in total. The summed E-state index contributed by atoms with van der Waals surface area (Å²) in [5, 5.41) is 3.50. The highest BCUT2D eigenvalue weighted by atomic mass is 35.5. The maximum atomic E-state index is 13.1. The van der Waals surface area contributed by atoms with Crippen molar-refractivity contribution in [1.82, 2.24) is 9.71 Å². The summed E-state index contributed by atoms with van der Waals surface area (Å²) in [6.45, 7) is 12.2. The summed E-state index contributed by atoms with van der Waals surface area (Å²) in [6, 6.07) is 6.11. The van der Waals surface area contributed by atoms with Crippen molar-refractivity contribution in [3.05, 3.63) is 56.3 Å². The minimum absolute atomic E-state index is 0.0339. The van der Waals surface area contributed by atoms with E-state index >= 15 is 0 Å². The Balaban J connectivity index is 2.17. The normalized spacial score (nSPS) is 14.2. The number of rotatable bonds is 7. The second kappa shape index (κ2) is 10.0. The highest BCUT2D eigenvalue weighted by Crippen LogP contribution is 2.32. The lowest BCUT2D eigenvalue weighted by molar-refractivity contribution is 0.477. The number of hydrogen-bond acceptors (Lipinski definition) is 7. The summed E-state index contributed by atoms with van der Waals surface area (Å²) in [5.74, 6) is 0.308. The molecule has 0 aliphatic carbocycles. The van der Waals surface area contributed by atoms with Crippen molar-refractivity contribution in [3.63, 3.8) is 0 Å². The number of benzene rings is 1. The number of nitrogens with zero attached hydrogens (tertiary/aromatic N) is 1. The van der Waals surface area contributed by atoms with Gasteiger partial charge in [-0.25, -0.2) is 18.1 Å². The van der Waals surface area contributed by atoms with Crippen molar-refractivity contribution in [2.75, 3.05) is 11.1 Å². The van der Waals surface area contributed by atoms with Crippen molar-refractivity contribution in [3.8, 4) is 0 Å². The van der Waals surface area contributed by atoms with Gasteiger partial charge >= 0.3 is 0 Å². The minimum Gasteiger partial charge on any atom is -0.446 e. The average molecular weight is 540 g/mol. The fraction of sp³-hybridized carbons (Fsp3) is 0.417. The van der Waals surface area contributed by atoms with Crippen LogP contribution in [0, 0.1) is 13.8 Å². The SMILES string of the molecule is CCS(=O)c1oc2c([C@@H](C)Nc3ccc(Cl)nc3S(=O)(=O)NC(C)(C)C)cc(C)cc2c(=O)c1C. The third kappa shape index (κ3) is 5.94. The molecular weight excluding hydrogens is 510 g/mol. The van der Waals surface area contributed by atoms with Crippen LogP contribution in [0.3, 0.4) is 0 Å². The van der Waals surface area contributed by atoms with Gasteiger partial charge in [-0.3, -0.25) is 9.00 Å². The molecule has 0 saturated carbocycles. The molecule has 0 bridgehead atoms. The number of aromatic nitrogens is 1. The second-order valence-electron chi connectivity index (χ2n) is 9.42. The number of pyridine rings is 1. The minimum atomic E-state index is -4.01. The number of halogens is 1. The van der Waals surface area contributed by atoms with Gasteiger partial charge in [0.1, 0.15) is 10.7 Å². The van der Waals surface area contributed by atoms with Crippen LogP contribution in [0.4, 0.5) is 5.69 Å². The molecule has 2 atom stereocenters. The Bertz CT molecular complexity index is 1480. The lowest BCUT2D eigenvalue weighted by atomic mass is 10.0. The maximum Gasteiger partial charge on any atom is 0.260 e. The van der Waals surface area contributed by atoms with Crippen LogP contribution in [0.15, 0.2) is 43.6 Å². The van der Waals surface area contributed by atoms with Crippen LogP contribution >= 0.6 is 11.6 Å². The van der Waals surface area contributed by atoms with Gasteiger partial charge in [0.2, 0.25) is 0 Å². The zero-order valence-electron chi connectivity index (χ0n) is 20.8. The number of aryl methyl sites for hydroxylation is 1. The van der Waals surface area contributed by atoms with E-state index in [1.807, 2.05) is 19.9 Å². The topological polar surface area (TPSA) is 118 Å². The van der Waals surface area contributed by atoms with E-state index in [9.17, 15) is 17.4 Å². The molecule has 0 aliphatic rings. The molecule has 1 aromatic carbocycles. The predicted molar refractivity (Wildman–Crippen MR) is 140 cm³/mol. The van der Waals surface area contributed by atoms with E-state index in [4.69, 9.17) is 16.0 Å². The van der Waals surface area contributed by atoms with E-state index in [-0.39, 0.29) is 26.4 Å². The molecule has 2 heterocycles. The fourth-order valence-electron chi connectivity index (χ4n) is 3.71. The summed E-state index contributed by atoms with van der Waals surface area (Å²) >= 11 is 6.03. The standard InChI is InChI=1S/C24H30ClN3O5S2/c1-8-34(30)23-14(3)20(29)17-12-13(2)11-16(21(17)33-23)15(4)26-18-9-10-19(25)27-22(18)35(31,32)28-24(5,6)7/h9-12,15,26,28H,8H2,1-7H3/t15-,34?/m1/s1. The molecule has 11 heteroatoms. The van der Waals surface area contributed by atoms with E-state index in [0.29, 0.717) is 27.8 Å². The Labute approximate surface area is 213 Å². The zero-order valence-corrected chi connectivity index (χ0v) is 23.2. The van der Waals surface area contributed by atoms with Crippen LogP contribution in [-0.4, -0.2) is 28.9 Å². The first-order valence-electron chi connectivity index (χ1n) is 11.1. The predicted octanol–water partition coefficient (Wildman–Crippen LogP) is 4.84. The van der Waals surface area contributed by atoms with Crippen molar-refractivity contribution >= 4 is 49.1 Å². The number of fused-ring (bicyclic) bond motifs is 1. The van der Waals surface area contributed by atoms with E-state index in [1.165, 1.54) is 6.07 Å². The molecule has 2 N–H and O–H groups in total. The van der Waals surface area contributed by atoms with E-state index in [2.05, 4.69) is 15.0 Å². The number of hydrogen-bond donors (Lipinski definition) is 2. The van der Waals surface area contributed by atoms with Crippen LogP contribution in [0.25, 0.3) is 11.0 Å².